The Hall–Kier alpha value is -1.50. The SMILES string of the molecule is O=C(CC1CC1(F)F)N(CCO)Cc1ncc[nH]1. The summed E-state index contributed by atoms with van der Waals surface area (Å²) in [5.74, 6) is -3.34. The highest BCUT2D eigenvalue weighted by molar-refractivity contribution is 5.77. The lowest BCUT2D eigenvalue weighted by Gasteiger charge is -2.20. The van der Waals surface area contributed by atoms with E-state index in [4.69, 9.17) is 5.11 Å². The maximum absolute atomic E-state index is 12.7. The number of carbonyl (C=O) groups is 1. The summed E-state index contributed by atoms with van der Waals surface area (Å²) in [4.78, 5) is 20.0. The van der Waals surface area contributed by atoms with E-state index in [-0.39, 0.29) is 38.4 Å². The molecule has 0 spiro atoms. The van der Waals surface area contributed by atoms with Gasteiger partial charge in [-0.05, 0) is 0 Å². The van der Waals surface area contributed by atoms with Gasteiger partial charge in [-0.3, -0.25) is 4.79 Å². The molecule has 2 N–H and O–H groups in total. The molecule has 1 atom stereocenters. The zero-order valence-electron chi connectivity index (χ0n) is 9.77. The summed E-state index contributed by atoms with van der Waals surface area (Å²) in [6.07, 6.45) is 2.78. The minimum atomic E-state index is -2.69. The van der Waals surface area contributed by atoms with E-state index in [0.717, 1.165) is 0 Å². The van der Waals surface area contributed by atoms with Crippen LogP contribution in [-0.2, 0) is 11.3 Å². The first-order valence-electron chi connectivity index (χ1n) is 5.77. The number of amides is 1. The Bertz CT molecular complexity index is 408. The van der Waals surface area contributed by atoms with Crippen molar-refractivity contribution in [2.75, 3.05) is 13.2 Å². The number of aliphatic hydroxyl groups is 1. The van der Waals surface area contributed by atoms with Crippen molar-refractivity contribution in [3.8, 4) is 0 Å². The van der Waals surface area contributed by atoms with Gasteiger partial charge in [0.05, 0.1) is 13.2 Å². The number of hydrogen-bond donors (Lipinski definition) is 2. The van der Waals surface area contributed by atoms with Crippen molar-refractivity contribution in [2.24, 2.45) is 5.92 Å². The summed E-state index contributed by atoms with van der Waals surface area (Å²) in [5.41, 5.74) is 0. The van der Waals surface area contributed by atoms with Crippen molar-refractivity contribution < 1.29 is 18.7 Å². The fraction of sp³-hybridized carbons (Fsp3) is 0.636. The van der Waals surface area contributed by atoms with Gasteiger partial charge >= 0.3 is 0 Å². The molecule has 1 saturated carbocycles. The highest BCUT2D eigenvalue weighted by Gasteiger charge is 2.57. The number of hydrogen-bond acceptors (Lipinski definition) is 3. The van der Waals surface area contributed by atoms with Gasteiger partial charge < -0.3 is 15.0 Å². The number of aromatic amines is 1. The number of rotatable bonds is 6. The largest absolute Gasteiger partial charge is 0.395 e. The average Bonchev–Trinajstić information content (AvgIpc) is 2.74. The Labute approximate surface area is 103 Å². The molecule has 0 bridgehead atoms. The van der Waals surface area contributed by atoms with E-state index in [1.807, 2.05) is 0 Å². The second-order valence-corrected chi connectivity index (χ2v) is 4.44. The molecule has 0 saturated heterocycles. The summed E-state index contributed by atoms with van der Waals surface area (Å²) in [7, 11) is 0. The maximum Gasteiger partial charge on any atom is 0.252 e. The predicted octanol–water partition coefficient (Wildman–Crippen LogP) is 0.776. The van der Waals surface area contributed by atoms with Crippen molar-refractivity contribution in [3.63, 3.8) is 0 Å². The van der Waals surface area contributed by atoms with Crippen LogP contribution < -0.4 is 0 Å². The molecule has 0 aliphatic heterocycles. The molecule has 1 heterocycles. The fourth-order valence-corrected chi connectivity index (χ4v) is 1.81. The number of aliphatic hydroxyl groups excluding tert-OH is 1. The Morgan fingerprint density at radius 1 is 1.67 bits per heavy atom. The molecule has 18 heavy (non-hydrogen) atoms. The van der Waals surface area contributed by atoms with Gasteiger partial charge in [-0.15, -0.1) is 0 Å². The van der Waals surface area contributed by atoms with Crippen LogP contribution in [0.5, 0.6) is 0 Å². The molecule has 1 amide bonds. The first kappa shape index (κ1) is 12.9. The number of nitrogens with zero attached hydrogens (tertiary/aromatic N) is 2. The third-order valence-corrected chi connectivity index (χ3v) is 2.99. The Balaban J connectivity index is 1.90. The first-order chi connectivity index (χ1) is 8.53. The average molecular weight is 259 g/mol. The number of aromatic nitrogens is 2. The van der Waals surface area contributed by atoms with Crippen molar-refractivity contribution in [1.29, 1.82) is 0 Å². The minimum Gasteiger partial charge on any atom is -0.395 e. The highest BCUT2D eigenvalue weighted by Crippen LogP contribution is 2.50. The quantitative estimate of drug-likeness (QED) is 0.793. The van der Waals surface area contributed by atoms with Crippen molar-refractivity contribution >= 4 is 5.91 Å². The van der Waals surface area contributed by atoms with Gasteiger partial charge in [0.2, 0.25) is 5.91 Å². The fourth-order valence-electron chi connectivity index (χ4n) is 1.81. The smallest absolute Gasteiger partial charge is 0.252 e. The normalized spacial score (nSPS) is 20.7. The molecule has 5 nitrogen and oxygen atoms in total. The van der Waals surface area contributed by atoms with Gasteiger partial charge in [-0.25, -0.2) is 13.8 Å². The lowest BCUT2D eigenvalue weighted by Crippen LogP contribution is -2.34. The zero-order valence-corrected chi connectivity index (χ0v) is 9.77. The Morgan fingerprint density at radius 2 is 2.39 bits per heavy atom. The van der Waals surface area contributed by atoms with Gasteiger partial charge in [-0.1, -0.05) is 0 Å². The molecule has 1 unspecified atom stereocenters. The standard InChI is InChI=1S/C11H15F2N3O2/c12-11(13)6-8(11)5-10(18)16(3-4-17)7-9-14-1-2-15-9/h1-2,8,17H,3-7H2,(H,14,15). The van der Waals surface area contributed by atoms with Crippen molar-refractivity contribution in [2.45, 2.75) is 25.3 Å². The number of nitrogens with one attached hydrogen (secondary N) is 1. The molecular weight excluding hydrogens is 244 g/mol. The summed E-state index contributed by atoms with van der Waals surface area (Å²) < 4.78 is 25.5. The third-order valence-electron chi connectivity index (χ3n) is 2.99. The molecule has 1 aromatic heterocycles. The topological polar surface area (TPSA) is 69.2 Å². The van der Waals surface area contributed by atoms with Crippen LogP contribution in [0.1, 0.15) is 18.7 Å². The van der Waals surface area contributed by atoms with Crippen LogP contribution in [0.15, 0.2) is 12.4 Å². The van der Waals surface area contributed by atoms with Crippen LogP contribution in [0, 0.1) is 5.92 Å². The molecule has 1 aliphatic carbocycles. The lowest BCUT2D eigenvalue weighted by molar-refractivity contribution is -0.133. The lowest BCUT2D eigenvalue weighted by atomic mass is 10.2. The minimum absolute atomic E-state index is 0.123. The highest BCUT2D eigenvalue weighted by atomic mass is 19.3. The number of H-pyrrole nitrogens is 1. The molecule has 1 aliphatic rings. The van der Waals surface area contributed by atoms with Crippen molar-refractivity contribution in [1.82, 2.24) is 14.9 Å². The van der Waals surface area contributed by atoms with Crippen LogP contribution in [0.2, 0.25) is 0 Å². The first-order valence-corrected chi connectivity index (χ1v) is 5.77. The summed E-state index contributed by atoms with van der Waals surface area (Å²) in [5, 5.41) is 8.89. The molecule has 0 radical (unpaired) electrons. The zero-order chi connectivity index (χ0) is 13.2. The van der Waals surface area contributed by atoms with Crippen LogP contribution in [0.25, 0.3) is 0 Å². The van der Waals surface area contributed by atoms with Gasteiger partial charge in [-0.2, -0.15) is 0 Å². The van der Waals surface area contributed by atoms with E-state index in [2.05, 4.69) is 9.97 Å². The van der Waals surface area contributed by atoms with E-state index < -0.39 is 11.8 Å². The van der Waals surface area contributed by atoms with Gasteiger partial charge in [0.25, 0.3) is 5.92 Å². The number of imidazole rings is 1. The van der Waals surface area contributed by atoms with Gasteiger partial charge in [0.1, 0.15) is 5.82 Å². The monoisotopic (exact) mass is 259 g/mol. The van der Waals surface area contributed by atoms with E-state index in [1.165, 1.54) is 4.90 Å². The maximum atomic E-state index is 12.7. The molecule has 0 aromatic carbocycles. The Morgan fingerprint density at radius 3 is 2.89 bits per heavy atom. The Kier molecular flexibility index (Phi) is 3.60. The second-order valence-electron chi connectivity index (χ2n) is 4.44. The van der Waals surface area contributed by atoms with E-state index in [0.29, 0.717) is 5.82 Å². The molecular formula is C11H15F2N3O2. The number of alkyl halides is 2. The molecule has 1 fully saturated rings. The van der Waals surface area contributed by atoms with Crippen LogP contribution in [0.3, 0.4) is 0 Å². The van der Waals surface area contributed by atoms with Crippen molar-refractivity contribution in [3.05, 3.63) is 18.2 Å². The van der Waals surface area contributed by atoms with E-state index in [1.54, 1.807) is 12.4 Å². The molecule has 1 aromatic rings. The molecule has 7 heteroatoms. The van der Waals surface area contributed by atoms with Crippen LogP contribution in [-0.4, -0.2) is 45.0 Å². The number of carbonyl (C=O) groups excluding carboxylic acids is 1. The summed E-state index contributed by atoms with van der Waals surface area (Å²) in [6, 6.07) is 0. The second kappa shape index (κ2) is 5.01. The predicted molar refractivity (Wildman–Crippen MR) is 58.8 cm³/mol. The molecule has 100 valence electrons. The molecule has 2 rings (SSSR count). The van der Waals surface area contributed by atoms with Gasteiger partial charge in [0.15, 0.2) is 0 Å². The summed E-state index contributed by atoms with van der Waals surface area (Å²) >= 11 is 0. The third kappa shape index (κ3) is 3.04. The summed E-state index contributed by atoms with van der Waals surface area (Å²) in [6.45, 7) is 0.121. The van der Waals surface area contributed by atoms with E-state index in [9.17, 15) is 13.6 Å². The van der Waals surface area contributed by atoms with Crippen LogP contribution >= 0.6 is 0 Å². The number of halogens is 2. The van der Waals surface area contributed by atoms with E-state index >= 15 is 0 Å². The van der Waals surface area contributed by atoms with Crippen LogP contribution in [0.4, 0.5) is 8.78 Å². The van der Waals surface area contributed by atoms with Gasteiger partial charge in [0, 0.05) is 37.7 Å².